The molecular formula is C27H40O4Si. The topological polar surface area (TPSA) is 47.9 Å². The Kier molecular flexibility index (Phi) is 6.92. The number of aliphatic hydroxyl groups is 1. The summed E-state index contributed by atoms with van der Waals surface area (Å²) in [5.74, 6) is 7.31. The molecule has 1 spiro atoms. The maximum Gasteiger partial charge on any atom is 0.193 e. The van der Waals surface area contributed by atoms with Crippen molar-refractivity contribution in [2.24, 2.45) is 17.8 Å². The van der Waals surface area contributed by atoms with Crippen LogP contribution in [0.4, 0.5) is 0 Å². The summed E-state index contributed by atoms with van der Waals surface area (Å²) in [5.41, 5.74) is 1.31. The zero-order valence-corrected chi connectivity index (χ0v) is 21.4. The van der Waals surface area contributed by atoms with Gasteiger partial charge >= 0.3 is 0 Å². The molecule has 4 nitrogen and oxygen atoms in total. The molecule has 0 radical (unpaired) electrons. The summed E-state index contributed by atoms with van der Waals surface area (Å²) in [6.07, 6.45) is 3.91. The highest BCUT2D eigenvalue weighted by Crippen LogP contribution is 2.57. The lowest BCUT2D eigenvalue weighted by Crippen LogP contribution is -2.60. The van der Waals surface area contributed by atoms with E-state index >= 15 is 0 Å². The molecular weight excluding hydrogens is 416 g/mol. The zero-order valence-electron chi connectivity index (χ0n) is 20.4. The van der Waals surface area contributed by atoms with Crippen LogP contribution in [0.5, 0.6) is 0 Å². The molecule has 3 fully saturated rings. The molecule has 1 heterocycles. The van der Waals surface area contributed by atoms with Crippen LogP contribution in [0.2, 0.25) is 18.1 Å². The number of benzene rings is 1. The molecule has 0 unspecified atom stereocenters. The number of aryl methyl sites for hydroxylation is 1. The van der Waals surface area contributed by atoms with Crippen molar-refractivity contribution in [1.82, 2.24) is 0 Å². The number of hydrogen-bond acceptors (Lipinski definition) is 4. The highest BCUT2D eigenvalue weighted by Gasteiger charge is 2.62. The lowest BCUT2D eigenvalue weighted by Gasteiger charge is -2.56. The molecule has 4 rings (SSSR count). The first-order chi connectivity index (χ1) is 15.1. The molecule has 2 aliphatic carbocycles. The molecule has 5 atom stereocenters. The average molecular weight is 457 g/mol. The fourth-order valence-electron chi connectivity index (χ4n) is 5.24. The SMILES string of the molecule is CC(C)(C)[Si](C)(C)O[C@H](C#C[C@H]1[C@@H]2CC3(OCCO3)[C@@H]2CC[C@@H]1O)CCc1ccccc1. The van der Waals surface area contributed by atoms with Crippen LogP contribution in [0.15, 0.2) is 30.3 Å². The van der Waals surface area contributed by atoms with E-state index in [2.05, 4.69) is 76.0 Å². The Labute approximate surface area is 195 Å². The molecule has 1 aromatic rings. The van der Waals surface area contributed by atoms with Crippen molar-refractivity contribution >= 4 is 8.32 Å². The lowest BCUT2D eigenvalue weighted by molar-refractivity contribution is -0.296. The molecule has 32 heavy (non-hydrogen) atoms. The minimum atomic E-state index is -1.96. The Morgan fingerprint density at radius 2 is 1.84 bits per heavy atom. The van der Waals surface area contributed by atoms with E-state index < -0.39 is 14.1 Å². The highest BCUT2D eigenvalue weighted by atomic mass is 28.4. The van der Waals surface area contributed by atoms with Crippen molar-refractivity contribution < 1.29 is 19.0 Å². The van der Waals surface area contributed by atoms with Gasteiger partial charge in [0.15, 0.2) is 14.1 Å². The first-order valence-corrected chi connectivity index (χ1v) is 15.2. The molecule has 0 aromatic heterocycles. The summed E-state index contributed by atoms with van der Waals surface area (Å²) in [4.78, 5) is 0. The monoisotopic (exact) mass is 456 g/mol. The first-order valence-electron chi connectivity index (χ1n) is 12.3. The van der Waals surface area contributed by atoms with Gasteiger partial charge in [-0.15, -0.1) is 0 Å². The van der Waals surface area contributed by atoms with E-state index in [0.717, 1.165) is 32.1 Å². The molecule has 1 aromatic carbocycles. The van der Waals surface area contributed by atoms with E-state index in [-0.39, 0.29) is 23.2 Å². The van der Waals surface area contributed by atoms with Gasteiger partial charge in [-0.1, -0.05) is 62.9 Å². The zero-order chi connectivity index (χ0) is 23.0. The Balaban J connectivity index is 1.49. The van der Waals surface area contributed by atoms with Gasteiger partial charge in [-0.05, 0) is 55.3 Å². The van der Waals surface area contributed by atoms with Gasteiger partial charge < -0.3 is 19.0 Å². The van der Waals surface area contributed by atoms with Gasteiger partial charge in [-0.3, -0.25) is 0 Å². The van der Waals surface area contributed by atoms with Gasteiger partial charge in [0.25, 0.3) is 0 Å². The van der Waals surface area contributed by atoms with E-state index in [1.165, 1.54) is 5.56 Å². The van der Waals surface area contributed by atoms with E-state index in [1.54, 1.807) is 0 Å². The standard InChI is InChI=1S/C27H40O4Si/c1-26(2,3)32(4,5)31-21(12-11-20-9-7-6-8-10-20)13-14-22-23-19-27(29-17-18-30-27)24(23)15-16-25(22)28/h6-10,21-25,28H,11-12,15-19H2,1-5H3/t21-,22-,23-,24+,25-/m0/s1. The van der Waals surface area contributed by atoms with Crippen LogP contribution >= 0.6 is 0 Å². The van der Waals surface area contributed by atoms with Crippen LogP contribution < -0.4 is 0 Å². The van der Waals surface area contributed by atoms with Gasteiger partial charge in [-0.25, -0.2) is 0 Å². The third kappa shape index (κ3) is 4.86. The molecule has 176 valence electrons. The summed E-state index contributed by atoms with van der Waals surface area (Å²) in [6.45, 7) is 12.8. The summed E-state index contributed by atoms with van der Waals surface area (Å²) < 4.78 is 18.7. The second-order valence-electron chi connectivity index (χ2n) is 11.3. The fourth-order valence-corrected chi connectivity index (χ4v) is 6.49. The highest BCUT2D eigenvalue weighted by molar-refractivity contribution is 6.74. The van der Waals surface area contributed by atoms with Gasteiger partial charge in [-0.2, -0.15) is 0 Å². The number of rotatable bonds is 5. The van der Waals surface area contributed by atoms with Crippen molar-refractivity contribution in [3.8, 4) is 11.8 Å². The minimum Gasteiger partial charge on any atom is -0.403 e. The van der Waals surface area contributed by atoms with Crippen LogP contribution in [0, 0.1) is 29.6 Å². The number of aliphatic hydroxyl groups excluding tert-OH is 1. The Morgan fingerprint density at radius 3 is 2.50 bits per heavy atom. The maximum atomic E-state index is 10.8. The second kappa shape index (κ2) is 9.23. The summed E-state index contributed by atoms with van der Waals surface area (Å²) in [6, 6.07) is 10.6. The third-order valence-corrected chi connectivity index (χ3v) is 12.7. The van der Waals surface area contributed by atoms with Crippen LogP contribution in [0.25, 0.3) is 0 Å². The number of ether oxygens (including phenoxy) is 2. The average Bonchev–Trinajstić information content (AvgIpc) is 3.22. The number of fused-ring (bicyclic) bond motifs is 2. The van der Waals surface area contributed by atoms with Crippen LogP contribution in [-0.2, 0) is 20.3 Å². The van der Waals surface area contributed by atoms with Crippen molar-refractivity contribution in [3.05, 3.63) is 35.9 Å². The van der Waals surface area contributed by atoms with Crippen LogP contribution in [0.1, 0.15) is 52.0 Å². The molecule has 3 aliphatic rings. The fraction of sp³-hybridized carbons (Fsp3) is 0.704. The lowest BCUT2D eigenvalue weighted by atomic mass is 9.56. The van der Waals surface area contributed by atoms with Gasteiger partial charge in [0.05, 0.1) is 19.3 Å². The molecule has 1 saturated heterocycles. The van der Waals surface area contributed by atoms with Crippen molar-refractivity contribution in [2.45, 2.75) is 89.0 Å². The number of hydrogen-bond donors (Lipinski definition) is 1. The van der Waals surface area contributed by atoms with Crippen molar-refractivity contribution in [1.29, 1.82) is 0 Å². The van der Waals surface area contributed by atoms with Gasteiger partial charge in [0.2, 0.25) is 0 Å². The predicted molar refractivity (Wildman–Crippen MR) is 130 cm³/mol. The Bertz CT molecular complexity index is 829. The molecule has 1 aliphatic heterocycles. The van der Waals surface area contributed by atoms with E-state index in [1.807, 2.05) is 0 Å². The van der Waals surface area contributed by atoms with Gasteiger partial charge in [0, 0.05) is 18.3 Å². The first kappa shape index (κ1) is 24.0. The van der Waals surface area contributed by atoms with E-state index in [4.69, 9.17) is 13.9 Å². The smallest absolute Gasteiger partial charge is 0.193 e. The molecule has 0 amide bonds. The third-order valence-electron chi connectivity index (χ3n) is 8.22. The Hall–Kier alpha value is -1.16. The summed E-state index contributed by atoms with van der Waals surface area (Å²) in [5, 5.41) is 10.9. The summed E-state index contributed by atoms with van der Waals surface area (Å²) >= 11 is 0. The van der Waals surface area contributed by atoms with Crippen molar-refractivity contribution in [3.63, 3.8) is 0 Å². The normalized spacial score (nSPS) is 30.2. The van der Waals surface area contributed by atoms with E-state index in [9.17, 15) is 5.11 Å². The Morgan fingerprint density at radius 1 is 1.16 bits per heavy atom. The maximum absolute atomic E-state index is 10.8. The van der Waals surface area contributed by atoms with Crippen molar-refractivity contribution in [2.75, 3.05) is 13.2 Å². The molecule has 5 heteroatoms. The van der Waals surface area contributed by atoms with E-state index in [0.29, 0.717) is 25.0 Å². The summed E-state index contributed by atoms with van der Waals surface area (Å²) in [7, 11) is -1.96. The predicted octanol–water partition coefficient (Wildman–Crippen LogP) is 5.16. The molecule has 0 bridgehead atoms. The van der Waals surface area contributed by atoms with Crippen LogP contribution in [0.3, 0.4) is 0 Å². The molecule has 1 N–H and O–H groups in total. The molecule has 2 saturated carbocycles. The minimum absolute atomic E-state index is 0.0191. The largest absolute Gasteiger partial charge is 0.403 e. The quantitative estimate of drug-likeness (QED) is 0.491. The van der Waals surface area contributed by atoms with Gasteiger partial charge in [0.1, 0.15) is 6.10 Å². The van der Waals surface area contributed by atoms with Crippen LogP contribution in [-0.4, -0.2) is 44.6 Å². The second-order valence-corrected chi connectivity index (χ2v) is 16.1.